The van der Waals surface area contributed by atoms with E-state index in [0.717, 1.165) is 31.5 Å². The number of oxazole rings is 1. The quantitative estimate of drug-likeness (QED) is 0.152. The second-order valence-electron chi connectivity index (χ2n) is 9.70. The van der Waals surface area contributed by atoms with Crippen molar-refractivity contribution in [1.82, 2.24) is 10.3 Å². The first kappa shape index (κ1) is 26.1. The van der Waals surface area contributed by atoms with Gasteiger partial charge in [-0.1, -0.05) is 19.9 Å². The number of nitro groups is 1. The summed E-state index contributed by atoms with van der Waals surface area (Å²) >= 11 is 5.26. The van der Waals surface area contributed by atoms with Gasteiger partial charge in [0.25, 0.3) is 11.6 Å². The van der Waals surface area contributed by atoms with Gasteiger partial charge < -0.3 is 19.7 Å². The molecule has 1 aromatic heterocycles. The molecule has 11 heteroatoms. The Kier molecular flexibility index (Phi) is 7.16. The van der Waals surface area contributed by atoms with E-state index in [9.17, 15) is 20.0 Å². The minimum Gasteiger partial charge on any atom is -0.507 e. The van der Waals surface area contributed by atoms with Crippen LogP contribution in [0, 0.1) is 10.1 Å². The number of fused-ring (bicyclic) bond motifs is 1. The Labute approximate surface area is 229 Å². The van der Waals surface area contributed by atoms with Gasteiger partial charge in [-0.05, 0) is 72.9 Å². The van der Waals surface area contributed by atoms with Crippen LogP contribution in [0.2, 0.25) is 0 Å². The molecule has 5 rings (SSSR count). The molecule has 1 aliphatic rings. The summed E-state index contributed by atoms with van der Waals surface area (Å²) in [5.41, 5.74) is 3.79. The molecule has 3 aromatic carbocycles. The van der Waals surface area contributed by atoms with E-state index >= 15 is 0 Å². The van der Waals surface area contributed by atoms with E-state index in [-0.39, 0.29) is 28.0 Å². The number of hydrogen-bond donors (Lipinski definition) is 3. The van der Waals surface area contributed by atoms with Crippen molar-refractivity contribution in [2.24, 2.45) is 0 Å². The van der Waals surface area contributed by atoms with Crippen LogP contribution in [0.25, 0.3) is 22.6 Å². The smallest absolute Gasteiger partial charge is 0.293 e. The highest BCUT2D eigenvalue weighted by molar-refractivity contribution is 7.80. The first-order chi connectivity index (χ1) is 18.7. The topological polar surface area (TPSA) is 134 Å². The molecule has 1 amide bonds. The summed E-state index contributed by atoms with van der Waals surface area (Å²) in [5.74, 6) is -0.0404. The number of carbonyl (C=O) groups excluding carboxylic acids is 1. The third kappa shape index (κ3) is 5.53. The number of benzene rings is 3. The molecular weight excluding hydrogens is 518 g/mol. The summed E-state index contributed by atoms with van der Waals surface area (Å²) in [7, 11) is 0. The van der Waals surface area contributed by atoms with E-state index in [2.05, 4.69) is 29.5 Å². The molecule has 0 spiro atoms. The van der Waals surface area contributed by atoms with Crippen molar-refractivity contribution in [3.63, 3.8) is 0 Å². The van der Waals surface area contributed by atoms with Gasteiger partial charge in [-0.15, -0.1) is 0 Å². The number of nitro benzene ring substituents is 1. The van der Waals surface area contributed by atoms with E-state index in [1.54, 1.807) is 24.3 Å². The number of anilines is 2. The summed E-state index contributed by atoms with van der Waals surface area (Å²) in [6, 6.07) is 15.0. The minimum absolute atomic E-state index is 0.0264. The molecule has 10 nitrogen and oxygen atoms in total. The Balaban J connectivity index is 1.27. The number of carbonyl (C=O) groups is 1. The average Bonchev–Trinajstić information content (AvgIpc) is 3.58. The Bertz CT molecular complexity index is 1590. The zero-order valence-corrected chi connectivity index (χ0v) is 22.2. The molecule has 0 atom stereocenters. The third-order valence-corrected chi connectivity index (χ3v) is 6.88. The highest BCUT2D eigenvalue weighted by Gasteiger charge is 2.24. The number of thiocarbonyl (C=S) groups is 1. The molecule has 2 heterocycles. The lowest BCUT2D eigenvalue weighted by molar-refractivity contribution is -0.384. The SMILES string of the molecule is CC(C)c1ccc2oc(-c3ccc(NC(=S)NC(=O)c4ccc(N5CCCC5)c([N+](=O)[O-])c4)cc3O)nc2c1. The fourth-order valence-electron chi connectivity index (χ4n) is 4.58. The van der Waals surface area contributed by atoms with Crippen molar-refractivity contribution in [3.05, 3.63) is 75.8 Å². The molecule has 0 radical (unpaired) electrons. The van der Waals surface area contributed by atoms with E-state index < -0.39 is 10.8 Å². The van der Waals surface area contributed by atoms with Gasteiger partial charge in [0.05, 0.1) is 10.5 Å². The van der Waals surface area contributed by atoms with Crippen LogP contribution in [0.3, 0.4) is 0 Å². The second kappa shape index (κ2) is 10.7. The van der Waals surface area contributed by atoms with Crippen LogP contribution >= 0.6 is 12.2 Å². The van der Waals surface area contributed by atoms with Crippen molar-refractivity contribution in [1.29, 1.82) is 0 Å². The van der Waals surface area contributed by atoms with Crippen LogP contribution in [-0.4, -0.2) is 39.1 Å². The van der Waals surface area contributed by atoms with Gasteiger partial charge >= 0.3 is 0 Å². The number of phenols is 1. The number of phenolic OH excluding ortho intramolecular Hbond substituents is 1. The van der Waals surface area contributed by atoms with Gasteiger partial charge in [0.15, 0.2) is 10.7 Å². The van der Waals surface area contributed by atoms with Crippen molar-refractivity contribution in [2.45, 2.75) is 32.6 Å². The number of amides is 1. The van der Waals surface area contributed by atoms with Gasteiger partial charge in [0.1, 0.15) is 17.0 Å². The Hall–Kier alpha value is -4.51. The fourth-order valence-corrected chi connectivity index (χ4v) is 4.79. The van der Waals surface area contributed by atoms with Crippen LogP contribution in [0.4, 0.5) is 17.1 Å². The number of hydrogen-bond acceptors (Lipinski definition) is 8. The largest absolute Gasteiger partial charge is 0.507 e. The van der Waals surface area contributed by atoms with Crippen LogP contribution in [-0.2, 0) is 0 Å². The highest BCUT2D eigenvalue weighted by Crippen LogP contribution is 2.34. The van der Waals surface area contributed by atoms with E-state index in [1.807, 2.05) is 23.1 Å². The second-order valence-corrected chi connectivity index (χ2v) is 10.1. The number of rotatable bonds is 6. The molecule has 1 aliphatic heterocycles. The summed E-state index contributed by atoms with van der Waals surface area (Å²) < 4.78 is 5.83. The normalized spacial score (nSPS) is 13.2. The standard InChI is InChI=1S/C28H27N5O5S/c1-16(2)17-6-10-25-21(13-17)30-27(38-25)20-8-7-19(15-24(20)34)29-28(39)31-26(35)18-5-9-22(23(14-18)33(36)37)32-11-3-4-12-32/h5-10,13-16,34H,3-4,11-12H2,1-2H3,(H2,29,31,35,39). The minimum atomic E-state index is -0.586. The Morgan fingerprint density at radius 1 is 1.13 bits per heavy atom. The summed E-state index contributed by atoms with van der Waals surface area (Å²) in [4.78, 5) is 30.4. The lowest BCUT2D eigenvalue weighted by Gasteiger charge is -2.18. The molecule has 1 saturated heterocycles. The average molecular weight is 546 g/mol. The van der Waals surface area contributed by atoms with Crippen molar-refractivity contribution < 1.29 is 19.2 Å². The van der Waals surface area contributed by atoms with E-state index in [4.69, 9.17) is 16.6 Å². The maximum atomic E-state index is 12.8. The summed E-state index contributed by atoms with van der Waals surface area (Å²) in [6.45, 7) is 5.69. The number of nitrogens with one attached hydrogen (secondary N) is 2. The number of nitrogens with zero attached hydrogens (tertiary/aromatic N) is 3. The molecule has 0 aliphatic carbocycles. The first-order valence-electron chi connectivity index (χ1n) is 12.6. The molecular formula is C28H27N5O5S. The lowest BCUT2D eigenvalue weighted by Crippen LogP contribution is -2.34. The molecule has 4 aromatic rings. The maximum Gasteiger partial charge on any atom is 0.293 e. The van der Waals surface area contributed by atoms with Crippen LogP contribution in [0.15, 0.2) is 59.0 Å². The monoisotopic (exact) mass is 545 g/mol. The maximum absolute atomic E-state index is 12.8. The lowest BCUT2D eigenvalue weighted by atomic mass is 10.0. The highest BCUT2D eigenvalue weighted by atomic mass is 32.1. The molecule has 39 heavy (non-hydrogen) atoms. The molecule has 0 saturated carbocycles. The first-order valence-corrected chi connectivity index (χ1v) is 13.0. The van der Waals surface area contributed by atoms with E-state index in [0.29, 0.717) is 34.0 Å². The van der Waals surface area contributed by atoms with Gasteiger partial charge in [-0.3, -0.25) is 20.2 Å². The van der Waals surface area contributed by atoms with Gasteiger partial charge in [-0.25, -0.2) is 4.98 Å². The molecule has 0 unspecified atom stereocenters. The van der Waals surface area contributed by atoms with E-state index in [1.165, 1.54) is 12.1 Å². The molecule has 1 fully saturated rings. The zero-order valence-electron chi connectivity index (χ0n) is 21.4. The Morgan fingerprint density at radius 2 is 1.90 bits per heavy atom. The summed E-state index contributed by atoms with van der Waals surface area (Å²) in [5, 5.41) is 27.6. The molecule has 0 bridgehead atoms. The summed E-state index contributed by atoms with van der Waals surface area (Å²) in [6.07, 6.45) is 1.95. The number of aromatic hydroxyl groups is 1. The molecule has 200 valence electrons. The predicted octanol–water partition coefficient (Wildman–Crippen LogP) is 5.96. The third-order valence-electron chi connectivity index (χ3n) is 6.67. The van der Waals surface area contributed by atoms with Crippen LogP contribution in [0.5, 0.6) is 5.75 Å². The Morgan fingerprint density at radius 3 is 2.59 bits per heavy atom. The molecule has 3 N–H and O–H groups in total. The van der Waals surface area contributed by atoms with Crippen molar-refractivity contribution in [3.8, 4) is 17.2 Å². The van der Waals surface area contributed by atoms with Gasteiger partial charge in [-0.2, -0.15) is 0 Å². The van der Waals surface area contributed by atoms with Gasteiger partial charge in [0, 0.05) is 36.5 Å². The fraction of sp³-hybridized carbons (Fsp3) is 0.250. The van der Waals surface area contributed by atoms with Crippen molar-refractivity contribution in [2.75, 3.05) is 23.3 Å². The zero-order chi connectivity index (χ0) is 27.7. The van der Waals surface area contributed by atoms with Gasteiger partial charge in [0.2, 0.25) is 5.89 Å². The van der Waals surface area contributed by atoms with Crippen LogP contribution < -0.4 is 15.5 Å². The van der Waals surface area contributed by atoms with Crippen molar-refractivity contribution >= 4 is 51.4 Å². The predicted molar refractivity (Wildman–Crippen MR) is 153 cm³/mol. The number of aromatic nitrogens is 1. The van der Waals surface area contributed by atoms with Crippen LogP contribution in [0.1, 0.15) is 48.5 Å².